The summed E-state index contributed by atoms with van der Waals surface area (Å²) >= 11 is 6.06. The van der Waals surface area contributed by atoms with Crippen LogP contribution >= 0.6 is 11.6 Å². The van der Waals surface area contributed by atoms with Crippen LogP contribution in [-0.2, 0) is 12.8 Å². The Labute approximate surface area is 118 Å². The van der Waals surface area contributed by atoms with Crippen molar-refractivity contribution in [1.82, 2.24) is 5.32 Å². The number of nitrogens with one attached hydrogen (secondary N) is 2. The van der Waals surface area contributed by atoms with Crippen LogP contribution in [0.2, 0.25) is 5.02 Å². The fourth-order valence-corrected chi connectivity index (χ4v) is 2.02. The summed E-state index contributed by atoms with van der Waals surface area (Å²) in [5, 5.41) is 5.92. The first-order valence-electron chi connectivity index (χ1n) is 6.13. The van der Waals surface area contributed by atoms with Gasteiger partial charge in [0.1, 0.15) is 0 Å². The molecule has 0 bridgehead atoms. The van der Waals surface area contributed by atoms with Crippen molar-refractivity contribution in [3.8, 4) is 0 Å². The second-order valence-corrected chi connectivity index (χ2v) is 4.43. The summed E-state index contributed by atoms with van der Waals surface area (Å²) in [7, 11) is 1.51. The Bertz CT molecular complexity index is 474. The van der Waals surface area contributed by atoms with Gasteiger partial charge in [-0.15, -0.1) is 0 Å². The molecule has 0 unspecified atom stereocenters. The lowest BCUT2D eigenvalue weighted by atomic mass is 10.0. The standard InChI is InChI=1S/C13H19ClN4O/c1-4-8-6-10(14)7-9(5-2)11(8)17-13(19)18-12(15)16-3/h6-7H,4-5H2,1-3H3,(H4,15,16,17,18,19). The topological polar surface area (TPSA) is 79.5 Å². The number of rotatable bonds is 3. The van der Waals surface area contributed by atoms with Crippen LogP contribution in [0.15, 0.2) is 17.1 Å². The Kier molecular flexibility index (Phi) is 5.63. The summed E-state index contributed by atoms with van der Waals surface area (Å²) in [4.78, 5) is 15.5. The van der Waals surface area contributed by atoms with E-state index in [4.69, 9.17) is 17.3 Å². The molecule has 1 aromatic carbocycles. The second-order valence-electron chi connectivity index (χ2n) is 3.99. The summed E-state index contributed by atoms with van der Waals surface area (Å²) in [5.41, 5.74) is 8.22. The number of nitrogens with zero attached hydrogens (tertiary/aromatic N) is 1. The van der Waals surface area contributed by atoms with E-state index in [9.17, 15) is 4.79 Å². The number of benzene rings is 1. The Balaban J connectivity index is 3.02. The van der Waals surface area contributed by atoms with Gasteiger partial charge in [0, 0.05) is 17.8 Å². The number of amides is 2. The summed E-state index contributed by atoms with van der Waals surface area (Å²) < 4.78 is 0. The Hall–Kier alpha value is -1.75. The molecule has 0 atom stereocenters. The third-order valence-corrected chi connectivity index (χ3v) is 2.97. The first-order valence-corrected chi connectivity index (χ1v) is 6.51. The van der Waals surface area contributed by atoms with Gasteiger partial charge in [0.2, 0.25) is 0 Å². The van der Waals surface area contributed by atoms with Crippen molar-refractivity contribution in [3.63, 3.8) is 0 Å². The minimum atomic E-state index is -0.408. The van der Waals surface area contributed by atoms with Crippen LogP contribution in [0.5, 0.6) is 0 Å². The van der Waals surface area contributed by atoms with Crippen LogP contribution in [0, 0.1) is 0 Å². The molecule has 4 N–H and O–H groups in total. The van der Waals surface area contributed by atoms with E-state index >= 15 is 0 Å². The molecule has 6 heteroatoms. The number of aryl methyl sites for hydroxylation is 2. The first kappa shape index (κ1) is 15.3. The van der Waals surface area contributed by atoms with Crippen LogP contribution in [0.25, 0.3) is 0 Å². The number of guanidine groups is 1. The number of carbonyl (C=O) groups excluding carboxylic acids is 1. The summed E-state index contributed by atoms with van der Waals surface area (Å²) in [6, 6.07) is 3.30. The van der Waals surface area contributed by atoms with Gasteiger partial charge in [0.15, 0.2) is 5.96 Å². The lowest BCUT2D eigenvalue weighted by Gasteiger charge is -2.15. The van der Waals surface area contributed by atoms with Gasteiger partial charge in [-0.3, -0.25) is 10.3 Å². The zero-order valence-corrected chi connectivity index (χ0v) is 12.1. The van der Waals surface area contributed by atoms with E-state index in [0.717, 1.165) is 29.7 Å². The van der Waals surface area contributed by atoms with Crippen molar-refractivity contribution >= 4 is 29.3 Å². The highest BCUT2D eigenvalue weighted by Crippen LogP contribution is 2.27. The highest BCUT2D eigenvalue weighted by Gasteiger charge is 2.12. The van der Waals surface area contributed by atoms with Crippen molar-refractivity contribution in [2.24, 2.45) is 10.7 Å². The van der Waals surface area contributed by atoms with E-state index in [2.05, 4.69) is 15.6 Å². The van der Waals surface area contributed by atoms with E-state index in [1.165, 1.54) is 7.05 Å². The maximum Gasteiger partial charge on any atom is 0.326 e. The van der Waals surface area contributed by atoms with Crippen LogP contribution < -0.4 is 16.4 Å². The van der Waals surface area contributed by atoms with Gasteiger partial charge in [-0.05, 0) is 36.1 Å². The van der Waals surface area contributed by atoms with Crippen LogP contribution in [-0.4, -0.2) is 19.0 Å². The molecular formula is C13H19ClN4O. The quantitative estimate of drug-likeness (QED) is 0.588. The maximum absolute atomic E-state index is 11.8. The van der Waals surface area contributed by atoms with E-state index in [-0.39, 0.29) is 5.96 Å². The van der Waals surface area contributed by atoms with Crippen LogP contribution in [0.3, 0.4) is 0 Å². The molecule has 0 aliphatic carbocycles. The number of nitrogens with two attached hydrogens (primary N) is 1. The normalized spacial score (nSPS) is 11.3. The Morgan fingerprint density at radius 2 is 1.84 bits per heavy atom. The number of hydrogen-bond acceptors (Lipinski definition) is 2. The molecule has 0 heterocycles. The molecular weight excluding hydrogens is 264 g/mol. The molecule has 0 spiro atoms. The molecule has 1 rings (SSSR count). The average Bonchev–Trinajstić information content (AvgIpc) is 2.39. The third-order valence-electron chi connectivity index (χ3n) is 2.75. The van der Waals surface area contributed by atoms with Gasteiger partial charge >= 0.3 is 6.03 Å². The van der Waals surface area contributed by atoms with E-state index in [0.29, 0.717) is 5.02 Å². The molecule has 0 fully saturated rings. The van der Waals surface area contributed by atoms with Crippen molar-refractivity contribution in [2.75, 3.05) is 12.4 Å². The second kappa shape index (κ2) is 6.99. The fourth-order valence-electron chi connectivity index (χ4n) is 1.76. The van der Waals surface area contributed by atoms with Gasteiger partial charge in [0.05, 0.1) is 0 Å². The SMILES string of the molecule is CCc1cc(Cl)cc(CC)c1NC(=O)NC(N)=NC. The van der Waals surface area contributed by atoms with Crippen LogP contribution in [0.4, 0.5) is 10.5 Å². The molecule has 0 aliphatic rings. The predicted molar refractivity (Wildman–Crippen MR) is 79.9 cm³/mol. The van der Waals surface area contributed by atoms with Gasteiger partial charge in [-0.1, -0.05) is 25.4 Å². The van der Waals surface area contributed by atoms with Crippen molar-refractivity contribution in [1.29, 1.82) is 0 Å². The van der Waals surface area contributed by atoms with Crippen LogP contribution in [0.1, 0.15) is 25.0 Å². The maximum atomic E-state index is 11.8. The van der Waals surface area contributed by atoms with Crippen molar-refractivity contribution in [2.45, 2.75) is 26.7 Å². The lowest BCUT2D eigenvalue weighted by Crippen LogP contribution is -2.39. The highest BCUT2D eigenvalue weighted by molar-refractivity contribution is 6.30. The predicted octanol–water partition coefficient (Wildman–Crippen LogP) is 2.53. The summed E-state index contributed by atoms with van der Waals surface area (Å²) in [6.45, 7) is 4.02. The summed E-state index contributed by atoms with van der Waals surface area (Å²) in [5.74, 6) is 0.0718. The third kappa shape index (κ3) is 4.13. The van der Waals surface area contributed by atoms with Crippen molar-refractivity contribution in [3.05, 3.63) is 28.3 Å². The molecule has 0 saturated carbocycles. The molecule has 0 aliphatic heterocycles. The fraction of sp³-hybridized carbons (Fsp3) is 0.385. The number of hydrogen-bond donors (Lipinski definition) is 3. The highest BCUT2D eigenvalue weighted by atomic mass is 35.5. The molecule has 0 aromatic heterocycles. The number of anilines is 1. The average molecular weight is 283 g/mol. The smallest absolute Gasteiger partial charge is 0.326 e. The van der Waals surface area contributed by atoms with E-state index in [1.54, 1.807) is 0 Å². The molecule has 0 saturated heterocycles. The van der Waals surface area contributed by atoms with E-state index in [1.807, 2.05) is 26.0 Å². The Morgan fingerprint density at radius 3 is 2.26 bits per heavy atom. The van der Waals surface area contributed by atoms with Gasteiger partial charge in [-0.25, -0.2) is 4.79 Å². The number of aliphatic imine (C=N–C) groups is 1. The van der Waals surface area contributed by atoms with Crippen molar-refractivity contribution < 1.29 is 4.79 Å². The monoisotopic (exact) mass is 282 g/mol. The molecule has 0 radical (unpaired) electrons. The van der Waals surface area contributed by atoms with E-state index < -0.39 is 6.03 Å². The van der Waals surface area contributed by atoms with Gasteiger partial charge < -0.3 is 11.1 Å². The minimum Gasteiger partial charge on any atom is -0.370 e. The zero-order chi connectivity index (χ0) is 14.4. The summed E-state index contributed by atoms with van der Waals surface area (Å²) in [6.07, 6.45) is 1.56. The molecule has 2 amide bonds. The Morgan fingerprint density at radius 1 is 1.32 bits per heavy atom. The number of halogens is 1. The zero-order valence-electron chi connectivity index (χ0n) is 11.4. The van der Waals surface area contributed by atoms with Gasteiger partial charge in [0.25, 0.3) is 0 Å². The number of urea groups is 1. The lowest BCUT2D eigenvalue weighted by molar-refractivity contribution is 0.256. The molecule has 19 heavy (non-hydrogen) atoms. The minimum absolute atomic E-state index is 0.0718. The molecule has 5 nitrogen and oxygen atoms in total. The molecule has 1 aromatic rings. The largest absolute Gasteiger partial charge is 0.370 e. The number of carbonyl (C=O) groups is 1. The van der Waals surface area contributed by atoms with Gasteiger partial charge in [-0.2, -0.15) is 0 Å². The first-order chi connectivity index (χ1) is 9.01. The molecule has 104 valence electrons.